The summed E-state index contributed by atoms with van der Waals surface area (Å²) in [6, 6.07) is 11.0. The molecular formula is C22H19N5O5. The molecule has 5 aromatic rings. The number of nitrogens with zero attached hydrogens (tertiary/aromatic N) is 4. The lowest BCUT2D eigenvalue weighted by atomic mass is 10.1. The number of carbonyl (C=O) groups excluding carboxylic acids is 1. The van der Waals surface area contributed by atoms with Crippen LogP contribution in [0.15, 0.2) is 56.7 Å². The Kier molecular flexibility index (Phi) is 4.36. The molecule has 3 aromatic heterocycles. The third kappa shape index (κ3) is 2.88. The van der Waals surface area contributed by atoms with Gasteiger partial charge in [0.25, 0.3) is 5.56 Å². The first-order valence-corrected chi connectivity index (χ1v) is 9.79. The molecule has 0 aliphatic rings. The molecule has 0 saturated carbocycles. The highest BCUT2D eigenvalue weighted by Gasteiger charge is 2.19. The number of carbonyl (C=O) groups is 1. The number of nitrogens with one attached hydrogen (secondary N) is 1. The summed E-state index contributed by atoms with van der Waals surface area (Å²) in [5.41, 5.74) is 0.945. The number of methoxy groups -OCH3 is 1. The second-order valence-corrected chi connectivity index (χ2v) is 7.46. The quantitative estimate of drug-likeness (QED) is 0.464. The highest BCUT2D eigenvalue weighted by molar-refractivity contribution is 6.07. The zero-order chi connectivity index (χ0) is 22.6. The van der Waals surface area contributed by atoms with Gasteiger partial charge in [0.15, 0.2) is 11.2 Å². The highest BCUT2D eigenvalue weighted by atomic mass is 16.5. The Morgan fingerprint density at radius 2 is 1.91 bits per heavy atom. The van der Waals surface area contributed by atoms with Crippen LogP contribution in [0.25, 0.3) is 33.1 Å². The topological polar surface area (TPSA) is 113 Å². The first kappa shape index (κ1) is 19.6. The van der Waals surface area contributed by atoms with Gasteiger partial charge in [0.05, 0.1) is 19.1 Å². The van der Waals surface area contributed by atoms with Crippen molar-refractivity contribution in [2.75, 3.05) is 12.4 Å². The van der Waals surface area contributed by atoms with Gasteiger partial charge >= 0.3 is 5.69 Å². The number of anilines is 1. The number of hydrogen-bond donors (Lipinski definition) is 1. The maximum absolute atomic E-state index is 12.8. The van der Waals surface area contributed by atoms with E-state index in [-0.39, 0.29) is 11.2 Å². The van der Waals surface area contributed by atoms with Crippen LogP contribution in [0.1, 0.15) is 0 Å². The summed E-state index contributed by atoms with van der Waals surface area (Å²) >= 11 is 0. The molecule has 162 valence electrons. The van der Waals surface area contributed by atoms with E-state index in [2.05, 4.69) is 10.3 Å². The average Bonchev–Trinajstić information content (AvgIpc) is 3.34. The SMILES string of the molecule is COc1cc2c(cc1NC(=O)Cn1c(=O)c3c(ncn3C)n(C)c1=O)oc1ccccc12. The number of rotatable bonds is 4. The number of aryl methyl sites for hydroxylation is 2. The molecular weight excluding hydrogens is 414 g/mol. The molecule has 0 bridgehead atoms. The normalized spacial score (nSPS) is 11.5. The summed E-state index contributed by atoms with van der Waals surface area (Å²) in [4.78, 5) is 42.4. The van der Waals surface area contributed by atoms with E-state index in [1.165, 1.54) is 29.6 Å². The van der Waals surface area contributed by atoms with Crippen LogP contribution in [-0.2, 0) is 25.4 Å². The Hall–Kier alpha value is -4.34. The molecule has 32 heavy (non-hydrogen) atoms. The summed E-state index contributed by atoms with van der Waals surface area (Å²) in [5, 5.41) is 4.50. The molecule has 3 heterocycles. The maximum Gasteiger partial charge on any atom is 0.332 e. The van der Waals surface area contributed by atoms with Gasteiger partial charge in [-0.3, -0.25) is 14.2 Å². The largest absolute Gasteiger partial charge is 0.495 e. The van der Waals surface area contributed by atoms with Gasteiger partial charge in [-0.05, 0) is 12.1 Å². The molecule has 0 saturated heterocycles. The van der Waals surface area contributed by atoms with Gasteiger partial charge in [-0.1, -0.05) is 18.2 Å². The van der Waals surface area contributed by atoms with E-state index in [0.717, 1.165) is 15.3 Å². The Bertz CT molecular complexity index is 1650. The predicted octanol–water partition coefficient (Wildman–Crippen LogP) is 1.98. The average molecular weight is 433 g/mol. The molecule has 0 radical (unpaired) electrons. The lowest BCUT2D eigenvalue weighted by Crippen LogP contribution is -2.42. The van der Waals surface area contributed by atoms with E-state index < -0.39 is 23.7 Å². The number of ether oxygens (including phenoxy) is 1. The number of hydrogen-bond acceptors (Lipinski definition) is 6. The molecule has 0 atom stereocenters. The summed E-state index contributed by atoms with van der Waals surface area (Å²) in [7, 11) is 4.65. The van der Waals surface area contributed by atoms with Crippen LogP contribution in [-0.4, -0.2) is 31.7 Å². The Morgan fingerprint density at radius 1 is 1.12 bits per heavy atom. The van der Waals surface area contributed by atoms with Gasteiger partial charge in [-0.2, -0.15) is 0 Å². The van der Waals surface area contributed by atoms with Crippen LogP contribution in [0, 0.1) is 0 Å². The van der Waals surface area contributed by atoms with Crippen LogP contribution in [0.3, 0.4) is 0 Å². The smallest absolute Gasteiger partial charge is 0.332 e. The van der Waals surface area contributed by atoms with Crippen LogP contribution in [0.5, 0.6) is 5.75 Å². The van der Waals surface area contributed by atoms with Crippen molar-refractivity contribution < 1.29 is 13.9 Å². The molecule has 1 N–H and O–H groups in total. The van der Waals surface area contributed by atoms with E-state index in [1.807, 2.05) is 24.3 Å². The van der Waals surface area contributed by atoms with Crippen molar-refractivity contribution in [3.63, 3.8) is 0 Å². The molecule has 5 rings (SSSR count). The molecule has 0 aliphatic carbocycles. The first-order valence-electron chi connectivity index (χ1n) is 9.79. The highest BCUT2D eigenvalue weighted by Crippen LogP contribution is 2.36. The number of amides is 1. The van der Waals surface area contributed by atoms with E-state index in [1.54, 1.807) is 19.2 Å². The number of furan rings is 1. The summed E-state index contributed by atoms with van der Waals surface area (Å²) < 4.78 is 15.0. The fourth-order valence-electron chi connectivity index (χ4n) is 3.89. The minimum atomic E-state index is -0.629. The maximum atomic E-state index is 12.8. The Balaban J connectivity index is 1.53. The Labute approximate surface area is 180 Å². The van der Waals surface area contributed by atoms with Crippen molar-refractivity contribution >= 4 is 44.7 Å². The zero-order valence-electron chi connectivity index (χ0n) is 17.6. The van der Waals surface area contributed by atoms with Gasteiger partial charge in [0, 0.05) is 30.9 Å². The third-order valence-corrected chi connectivity index (χ3v) is 5.48. The van der Waals surface area contributed by atoms with Crippen molar-refractivity contribution in [1.29, 1.82) is 0 Å². The standard InChI is InChI=1S/C22H19N5O5/c1-25-11-23-20-19(25)21(29)27(22(30)26(20)2)10-18(28)24-14-9-16-13(8-17(14)31-3)12-6-4-5-7-15(12)32-16/h4-9,11H,10H2,1-3H3,(H,24,28). The molecule has 10 heteroatoms. The molecule has 0 spiro atoms. The van der Waals surface area contributed by atoms with E-state index >= 15 is 0 Å². The number of benzene rings is 2. The summed E-state index contributed by atoms with van der Waals surface area (Å²) in [6.07, 6.45) is 1.45. The summed E-state index contributed by atoms with van der Waals surface area (Å²) in [6.45, 7) is -0.464. The van der Waals surface area contributed by atoms with E-state index in [4.69, 9.17) is 9.15 Å². The van der Waals surface area contributed by atoms with Gasteiger partial charge in [0.1, 0.15) is 23.5 Å². The van der Waals surface area contributed by atoms with Crippen LogP contribution in [0.4, 0.5) is 5.69 Å². The number of aromatic nitrogens is 4. The second kappa shape index (κ2) is 7.12. The summed E-state index contributed by atoms with van der Waals surface area (Å²) in [5.74, 6) is -0.126. The van der Waals surface area contributed by atoms with Gasteiger partial charge in [-0.15, -0.1) is 0 Å². The Morgan fingerprint density at radius 3 is 2.69 bits per heavy atom. The van der Waals surface area contributed by atoms with Crippen LogP contribution in [0.2, 0.25) is 0 Å². The van der Waals surface area contributed by atoms with Crippen molar-refractivity contribution in [1.82, 2.24) is 18.7 Å². The lowest BCUT2D eigenvalue weighted by Gasteiger charge is -2.12. The zero-order valence-corrected chi connectivity index (χ0v) is 17.6. The third-order valence-electron chi connectivity index (χ3n) is 5.48. The fourth-order valence-corrected chi connectivity index (χ4v) is 3.89. The van der Waals surface area contributed by atoms with Gasteiger partial charge in [-0.25, -0.2) is 14.3 Å². The molecule has 1 amide bonds. The van der Waals surface area contributed by atoms with Crippen LogP contribution >= 0.6 is 0 Å². The second-order valence-electron chi connectivity index (χ2n) is 7.46. The molecule has 0 unspecified atom stereocenters. The number of para-hydroxylation sites is 1. The fraction of sp³-hybridized carbons (Fsp3) is 0.182. The molecule has 0 aliphatic heterocycles. The minimum Gasteiger partial charge on any atom is -0.495 e. The van der Waals surface area contributed by atoms with Gasteiger partial charge in [0.2, 0.25) is 5.91 Å². The lowest BCUT2D eigenvalue weighted by molar-refractivity contribution is -0.116. The molecule has 0 fully saturated rings. The van der Waals surface area contributed by atoms with Crippen LogP contribution < -0.4 is 21.3 Å². The first-order chi connectivity index (χ1) is 15.4. The number of imidazole rings is 1. The van der Waals surface area contributed by atoms with Crippen molar-refractivity contribution in [2.24, 2.45) is 14.1 Å². The van der Waals surface area contributed by atoms with Crippen molar-refractivity contribution in [3.05, 3.63) is 63.6 Å². The molecule has 10 nitrogen and oxygen atoms in total. The van der Waals surface area contributed by atoms with Crippen molar-refractivity contribution in [3.8, 4) is 5.75 Å². The van der Waals surface area contributed by atoms with Crippen molar-refractivity contribution in [2.45, 2.75) is 6.54 Å². The van der Waals surface area contributed by atoms with Gasteiger partial charge < -0.3 is 19.0 Å². The van der Waals surface area contributed by atoms with E-state index in [0.29, 0.717) is 22.6 Å². The monoisotopic (exact) mass is 433 g/mol. The predicted molar refractivity (Wildman–Crippen MR) is 119 cm³/mol. The number of fused-ring (bicyclic) bond motifs is 4. The minimum absolute atomic E-state index is 0.237. The molecule has 2 aromatic carbocycles. The van der Waals surface area contributed by atoms with E-state index in [9.17, 15) is 14.4 Å².